The summed E-state index contributed by atoms with van der Waals surface area (Å²) in [5.74, 6) is 0.525. The number of nitrogens with zero attached hydrogens (tertiary/aromatic N) is 2. The first-order valence-electron chi connectivity index (χ1n) is 12.8. The van der Waals surface area contributed by atoms with E-state index in [1.165, 1.54) is 33.5 Å². The summed E-state index contributed by atoms with van der Waals surface area (Å²) in [6.07, 6.45) is -0.0308. The summed E-state index contributed by atoms with van der Waals surface area (Å²) in [6, 6.07) is 11.0. The van der Waals surface area contributed by atoms with Crippen LogP contribution in [0.1, 0.15) is 27.9 Å². The highest BCUT2D eigenvalue weighted by molar-refractivity contribution is 7.85. The van der Waals surface area contributed by atoms with Crippen molar-refractivity contribution in [3.8, 4) is 17.2 Å². The molecule has 4 rings (SSSR count). The minimum atomic E-state index is -4.71. The second kappa shape index (κ2) is 12.9. The number of methoxy groups -OCH3 is 3. The quantitative estimate of drug-likeness (QED) is 0.176. The Balaban J connectivity index is 1.76. The van der Waals surface area contributed by atoms with Crippen molar-refractivity contribution in [2.24, 2.45) is 0 Å². The van der Waals surface area contributed by atoms with Crippen LogP contribution in [0.4, 0.5) is 5.69 Å². The zero-order valence-electron chi connectivity index (χ0n) is 23.3. The molecule has 230 valence electrons. The van der Waals surface area contributed by atoms with Crippen molar-refractivity contribution < 1.29 is 41.6 Å². The number of hydrogen-bond donors (Lipinski definition) is 1. The number of carbonyl (C=O) groups is 1. The zero-order chi connectivity index (χ0) is 31.5. The van der Waals surface area contributed by atoms with E-state index >= 15 is 0 Å². The molecule has 1 heterocycles. The van der Waals surface area contributed by atoms with E-state index in [1.807, 2.05) is 0 Å². The van der Waals surface area contributed by atoms with Gasteiger partial charge in [0.25, 0.3) is 21.7 Å². The number of nitro benzene ring substituents is 1. The third-order valence-corrected chi connectivity index (χ3v) is 8.85. The zero-order valence-corrected chi connectivity index (χ0v) is 25.7. The van der Waals surface area contributed by atoms with Gasteiger partial charge in [0.2, 0.25) is 5.75 Å². The number of hydrogen-bond acceptors (Lipinski definition) is 9. The van der Waals surface area contributed by atoms with Crippen LogP contribution in [0.25, 0.3) is 0 Å². The van der Waals surface area contributed by atoms with Crippen molar-refractivity contribution in [2.45, 2.75) is 23.3 Å². The average molecular weight is 656 g/mol. The molecule has 0 aromatic heterocycles. The summed E-state index contributed by atoms with van der Waals surface area (Å²) >= 11 is 12.5. The van der Waals surface area contributed by atoms with Crippen molar-refractivity contribution >= 4 is 44.9 Å². The van der Waals surface area contributed by atoms with Gasteiger partial charge in [0.05, 0.1) is 54.3 Å². The lowest BCUT2D eigenvalue weighted by Gasteiger charge is -2.43. The summed E-state index contributed by atoms with van der Waals surface area (Å²) in [7, 11) is -0.387. The first kappa shape index (κ1) is 32.3. The highest BCUT2D eigenvalue weighted by Gasteiger charge is 2.41. The van der Waals surface area contributed by atoms with Gasteiger partial charge >= 0.3 is 0 Å². The molecule has 1 atom stereocenters. The number of benzene rings is 3. The Kier molecular flexibility index (Phi) is 9.72. The molecule has 0 unspecified atom stereocenters. The molecule has 3 aromatic carbocycles. The number of carbonyl (C=O) groups excluding carboxylic acids is 1. The maximum Gasteiger partial charge on any atom is 0.294 e. The molecule has 3 aromatic rings. The number of halogens is 2. The first-order chi connectivity index (χ1) is 20.3. The fourth-order valence-corrected chi connectivity index (χ4v) is 6.09. The van der Waals surface area contributed by atoms with Crippen LogP contribution in [0.15, 0.2) is 53.4 Å². The molecule has 0 radical (unpaired) electrons. The van der Waals surface area contributed by atoms with Crippen LogP contribution < -0.4 is 14.2 Å². The highest BCUT2D eigenvalue weighted by Crippen LogP contribution is 2.41. The van der Waals surface area contributed by atoms with Crippen LogP contribution in [-0.4, -0.2) is 69.7 Å². The molecule has 0 saturated carbocycles. The van der Waals surface area contributed by atoms with Gasteiger partial charge in [-0.2, -0.15) is 8.42 Å². The molecule has 12 nitrogen and oxygen atoms in total. The molecule has 1 saturated heterocycles. The van der Waals surface area contributed by atoms with Gasteiger partial charge in [-0.1, -0.05) is 29.3 Å². The number of morpholine rings is 1. The average Bonchev–Trinajstić information content (AvgIpc) is 2.99. The highest BCUT2D eigenvalue weighted by atomic mass is 35.5. The van der Waals surface area contributed by atoms with E-state index in [0.29, 0.717) is 11.3 Å². The van der Waals surface area contributed by atoms with E-state index < -0.39 is 25.5 Å². The van der Waals surface area contributed by atoms with E-state index in [-0.39, 0.29) is 76.8 Å². The molecule has 1 amide bonds. The number of rotatable bonds is 10. The Labute approximate surface area is 257 Å². The van der Waals surface area contributed by atoms with Crippen molar-refractivity contribution in [1.82, 2.24) is 4.90 Å². The maximum absolute atomic E-state index is 13.8. The van der Waals surface area contributed by atoms with Gasteiger partial charge in [0.1, 0.15) is 5.60 Å². The molecule has 1 aliphatic heterocycles. The fraction of sp³-hybridized carbons (Fsp3) is 0.321. The van der Waals surface area contributed by atoms with Crippen LogP contribution in [0.5, 0.6) is 17.2 Å². The molecule has 1 fully saturated rings. The van der Waals surface area contributed by atoms with E-state index in [1.54, 1.807) is 23.1 Å². The summed E-state index contributed by atoms with van der Waals surface area (Å²) in [4.78, 5) is 25.7. The van der Waals surface area contributed by atoms with Crippen LogP contribution in [-0.2, 0) is 26.9 Å². The van der Waals surface area contributed by atoms with E-state index in [9.17, 15) is 27.9 Å². The van der Waals surface area contributed by atoms with Crippen molar-refractivity contribution in [1.29, 1.82) is 0 Å². The Hall–Kier alpha value is -3.62. The predicted molar refractivity (Wildman–Crippen MR) is 157 cm³/mol. The maximum atomic E-state index is 13.8. The summed E-state index contributed by atoms with van der Waals surface area (Å²) in [6.45, 7) is 0.304. The monoisotopic (exact) mass is 654 g/mol. The minimum absolute atomic E-state index is 0.00338. The lowest BCUT2D eigenvalue weighted by atomic mass is 9.85. The molecule has 15 heteroatoms. The van der Waals surface area contributed by atoms with E-state index in [2.05, 4.69) is 0 Å². The number of ether oxygens (including phenoxy) is 4. The lowest BCUT2D eigenvalue weighted by molar-refractivity contribution is -0.385. The standard InChI is InChI=1S/C28H28Cl2N2O10S/c1-39-23-13-18(14-24(40-2)26(23)41-3)27(33)31-10-11-42-28(16-31,19-4-6-21(29)22(30)15-19)9-8-17-12-20(32(34)35)5-7-25(17)43(36,37)38/h4-7,12-15H,8-11,16H2,1-3H3,(H,36,37,38)/t28-/m0/s1. The van der Waals surface area contributed by atoms with Gasteiger partial charge in [-0.25, -0.2) is 0 Å². The van der Waals surface area contributed by atoms with Crippen molar-refractivity contribution in [2.75, 3.05) is 41.0 Å². The molecule has 0 aliphatic carbocycles. The Morgan fingerprint density at radius 3 is 2.28 bits per heavy atom. The Bertz CT molecular complexity index is 1640. The van der Waals surface area contributed by atoms with Gasteiger partial charge in [0.15, 0.2) is 11.5 Å². The van der Waals surface area contributed by atoms with Crippen molar-refractivity contribution in [3.63, 3.8) is 0 Å². The summed E-state index contributed by atoms with van der Waals surface area (Å²) < 4.78 is 56.5. The lowest BCUT2D eigenvalue weighted by Crippen LogP contribution is -2.52. The second-order valence-corrected chi connectivity index (χ2v) is 11.8. The first-order valence-corrected chi connectivity index (χ1v) is 15.0. The van der Waals surface area contributed by atoms with E-state index in [4.69, 9.17) is 42.1 Å². The molecule has 1 aliphatic rings. The predicted octanol–water partition coefficient (Wildman–Crippen LogP) is 5.17. The number of nitro groups is 1. The minimum Gasteiger partial charge on any atom is -0.493 e. The molecule has 1 N–H and O–H groups in total. The van der Waals surface area contributed by atoms with Gasteiger partial charge < -0.3 is 23.8 Å². The van der Waals surface area contributed by atoms with Gasteiger partial charge in [-0.05, 0) is 54.3 Å². The molecular formula is C28H28Cl2N2O10S. The smallest absolute Gasteiger partial charge is 0.294 e. The third-order valence-electron chi connectivity index (χ3n) is 7.16. The topological polar surface area (TPSA) is 155 Å². The second-order valence-electron chi connectivity index (χ2n) is 9.64. The van der Waals surface area contributed by atoms with Crippen molar-refractivity contribution in [3.05, 3.63) is 85.4 Å². The molecule has 0 bridgehead atoms. The fourth-order valence-electron chi connectivity index (χ4n) is 5.06. The van der Waals surface area contributed by atoms with Crippen LogP contribution >= 0.6 is 23.2 Å². The van der Waals surface area contributed by atoms with Gasteiger partial charge in [-0.15, -0.1) is 0 Å². The Morgan fingerprint density at radius 1 is 1.05 bits per heavy atom. The van der Waals surface area contributed by atoms with Crippen LogP contribution in [0.3, 0.4) is 0 Å². The number of non-ortho nitro benzene ring substituents is 1. The molecular weight excluding hydrogens is 627 g/mol. The number of aryl methyl sites for hydroxylation is 1. The Morgan fingerprint density at radius 2 is 1.72 bits per heavy atom. The molecule has 43 heavy (non-hydrogen) atoms. The normalized spacial score (nSPS) is 16.9. The van der Waals surface area contributed by atoms with Gasteiger partial charge in [-0.3, -0.25) is 19.5 Å². The molecule has 0 spiro atoms. The third kappa shape index (κ3) is 6.81. The summed E-state index contributed by atoms with van der Waals surface area (Å²) in [5.41, 5.74) is -0.790. The van der Waals surface area contributed by atoms with Gasteiger partial charge in [0, 0.05) is 24.2 Å². The van der Waals surface area contributed by atoms with E-state index in [0.717, 1.165) is 18.2 Å². The van der Waals surface area contributed by atoms with Crippen LogP contribution in [0, 0.1) is 10.1 Å². The van der Waals surface area contributed by atoms with Crippen LogP contribution in [0.2, 0.25) is 10.0 Å². The largest absolute Gasteiger partial charge is 0.493 e. The SMILES string of the molecule is COc1cc(C(=O)N2CCO[C@](CCc3cc([N+](=O)[O-])ccc3S(=O)(=O)O)(c3ccc(Cl)c(Cl)c3)C2)cc(OC)c1OC. The number of amides is 1. The summed E-state index contributed by atoms with van der Waals surface area (Å²) in [5, 5.41) is 11.9.